The lowest BCUT2D eigenvalue weighted by atomic mass is 9.86. The molecule has 5 nitrogen and oxygen atoms in total. The molecule has 0 bridgehead atoms. The summed E-state index contributed by atoms with van der Waals surface area (Å²) in [4.78, 5) is 4.09. The summed E-state index contributed by atoms with van der Waals surface area (Å²) in [6.45, 7) is 7.58. The molecule has 1 fully saturated rings. The number of aryl methyl sites for hydroxylation is 1. The van der Waals surface area contributed by atoms with Gasteiger partial charge < -0.3 is 9.31 Å². The minimum absolute atomic E-state index is 0.480. The molecule has 0 radical (unpaired) electrons. The molecule has 24 heavy (non-hydrogen) atoms. The molecule has 2 aromatic heterocycles. The van der Waals surface area contributed by atoms with Gasteiger partial charge in [0.05, 0.1) is 11.2 Å². The standard InChI is InChI=1S/C17H21BFN3O2/c1-16(2)17(3,4)24-18(23-16)14(19)9-13-11-22(5)21-15(13)12-7-6-8-20-10-12/h6-11H,1-5H3. The number of hydrogen-bond donors (Lipinski definition) is 0. The average Bonchev–Trinajstić information content (AvgIpc) is 2.97. The van der Waals surface area contributed by atoms with Crippen LogP contribution in [0.15, 0.2) is 36.4 Å². The van der Waals surface area contributed by atoms with Crippen LogP contribution in [0, 0.1) is 0 Å². The Morgan fingerprint density at radius 1 is 1.25 bits per heavy atom. The van der Waals surface area contributed by atoms with Crippen molar-refractivity contribution in [3.05, 3.63) is 42.0 Å². The molecule has 0 N–H and O–H groups in total. The van der Waals surface area contributed by atoms with Crippen molar-refractivity contribution >= 4 is 13.2 Å². The molecule has 2 aromatic rings. The normalized spacial score (nSPS) is 19.8. The van der Waals surface area contributed by atoms with Crippen molar-refractivity contribution in [3.63, 3.8) is 0 Å². The molecule has 0 aromatic carbocycles. The predicted molar refractivity (Wildman–Crippen MR) is 91.6 cm³/mol. The van der Waals surface area contributed by atoms with E-state index < -0.39 is 24.0 Å². The Bertz CT molecular complexity index is 755. The van der Waals surface area contributed by atoms with E-state index in [2.05, 4.69) is 10.1 Å². The Balaban J connectivity index is 1.93. The number of pyridine rings is 1. The molecule has 3 rings (SSSR count). The SMILES string of the molecule is Cn1cc(C=C(F)B2OC(C)(C)C(C)(C)O2)c(-c2cccnc2)n1. The van der Waals surface area contributed by atoms with Gasteiger partial charge in [-0.25, -0.2) is 4.39 Å². The molecule has 3 heterocycles. The number of rotatable bonds is 3. The second-order valence-corrected chi connectivity index (χ2v) is 6.97. The Hall–Kier alpha value is -1.99. The first-order valence-corrected chi connectivity index (χ1v) is 7.86. The van der Waals surface area contributed by atoms with Gasteiger partial charge in [0, 0.05) is 36.8 Å². The van der Waals surface area contributed by atoms with Crippen LogP contribution in [-0.2, 0) is 16.4 Å². The van der Waals surface area contributed by atoms with E-state index in [1.807, 2.05) is 39.8 Å². The summed E-state index contributed by atoms with van der Waals surface area (Å²) in [6.07, 6.45) is 6.56. The van der Waals surface area contributed by atoms with Gasteiger partial charge in [-0.3, -0.25) is 9.67 Å². The molecule has 126 valence electrons. The first-order chi connectivity index (χ1) is 11.2. The maximum absolute atomic E-state index is 14.7. The average molecular weight is 329 g/mol. The van der Waals surface area contributed by atoms with Gasteiger partial charge >= 0.3 is 7.12 Å². The zero-order valence-corrected chi connectivity index (χ0v) is 14.6. The van der Waals surface area contributed by atoms with Crippen LogP contribution in [0.3, 0.4) is 0 Å². The highest BCUT2D eigenvalue weighted by Crippen LogP contribution is 2.39. The summed E-state index contributed by atoms with van der Waals surface area (Å²) >= 11 is 0. The fraction of sp³-hybridized carbons (Fsp3) is 0.412. The first kappa shape index (κ1) is 16.9. The van der Waals surface area contributed by atoms with Crippen LogP contribution in [0.5, 0.6) is 0 Å². The molecule has 1 aliphatic heterocycles. The monoisotopic (exact) mass is 329 g/mol. The van der Waals surface area contributed by atoms with Gasteiger partial charge in [-0.2, -0.15) is 5.10 Å². The van der Waals surface area contributed by atoms with Gasteiger partial charge in [-0.15, -0.1) is 0 Å². The Morgan fingerprint density at radius 2 is 1.92 bits per heavy atom. The lowest BCUT2D eigenvalue weighted by Gasteiger charge is -2.32. The molecule has 1 aliphatic rings. The Morgan fingerprint density at radius 3 is 2.50 bits per heavy atom. The number of halogens is 1. The largest absolute Gasteiger partial charge is 0.525 e. The lowest BCUT2D eigenvalue weighted by Crippen LogP contribution is -2.41. The second kappa shape index (κ2) is 5.83. The van der Waals surface area contributed by atoms with Crippen molar-refractivity contribution < 1.29 is 13.7 Å². The van der Waals surface area contributed by atoms with Crippen LogP contribution in [0.25, 0.3) is 17.3 Å². The lowest BCUT2D eigenvalue weighted by molar-refractivity contribution is 0.00578. The minimum Gasteiger partial charge on any atom is -0.398 e. The zero-order chi connectivity index (χ0) is 17.5. The summed E-state index contributed by atoms with van der Waals surface area (Å²) in [7, 11) is 0.779. The van der Waals surface area contributed by atoms with Gasteiger partial charge in [0.25, 0.3) is 0 Å². The van der Waals surface area contributed by atoms with Crippen molar-refractivity contribution in [2.75, 3.05) is 0 Å². The van der Waals surface area contributed by atoms with Gasteiger partial charge in [0.15, 0.2) is 0 Å². The van der Waals surface area contributed by atoms with Crippen LogP contribution in [-0.4, -0.2) is 33.1 Å². The van der Waals surface area contributed by atoms with Crippen molar-refractivity contribution in [1.82, 2.24) is 14.8 Å². The molecule has 0 unspecified atom stereocenters. The van der Waals surface area contributed by atoms with Crippen LogP contribution >= 0.6 is 0 Å². The Labute approximate surface area is 141 Å². The van der Waals surface area contributed by atoms with E-state index in [1.165, 1.54) is 6.08 Å². The topological polar surface area (TPSA) is 49.2 Å². The van der Waals surface area contributed by atoms with Crippen LogP contribution in [0.2, 0.25) is 0 Å². The van der Waals surface area contributed by atoms with E-state index in [1.54, 1.807) is 30.3 Å². The molecular formula is C17H21BFN3O2. The van der Waals surface area contributed by atoms with Gasteiger partial charge in [0.1, 0.15) is 11.4 Å². The summed E-state index contributed by atoms with van der Waals surface area (Å²) in [5.41, 5.74) is 0.501. The molecule has 0 saturated carbocycles. The maximum Gasteiger partial charge on any atom is 0.525 e. The molecule has 7 heteroatoms. The first-order valence-electron chi connectivity index (χ1n) is 7.86. The van der Waals surface area contributed by atoms with E-state index in [4.69, 9.17) is 9.31 Å². The molecule has 0 atom stereocenters. The number of nitrogens with zero attached hydrogens (tertiary/aromatic N) is 3. The molecule has 0 spiro atoms. The van der Waals surface area contributed by atoms with Crippen LogP contribution in [0.1, 0.15) is 33.3 Å². The van der Waals surface area contributed by atoms with Crippen molar-refractivity contribution in [2.24, 2.45) is 7.05 Å². The quantitative estimate of drug-likeness (QED) is 0.810. The fourth-order valence-electron chi connectivity index (χ4n) is 2.51. The zero-order valence-electron chi connectivity index (χ0n) is 14.6. The maximum atomic E-state index is 14.7. The van der Waals surface area contributed by atoms with E-state index in [0.717, 1.165) is 5.56 Å². The van der Waals surface area contributed by atoms with Crippen molar-refractivity contribution in [1.29, 1.82) is 0 Å². The summed E-state index contributed by atoms with van der Waals surface area (Å²) in [5, 5.41) is 4.40. The molecule has 0 amide bonds. The van der Waals surface area contributed by atoms with Crippen molar-refractivity contribution in [3.8, 4) is 11.3 Å². The predicted octanol–water partition coefficient (Wildman–Crippen LogP) is 3.42. The third-order valence-corrected chi connectivity index (χ3v) is 4.56. The van der Waals surface area contributed by atoms with E-state index in [9.17, 15) is 4.39 Å². The fourth-order valence-corrected chi connectivity index (χ4v) is 2.51. The third kappa shape index (κ3) is 3.01. The van der Waals surface area contributed by atoms with Gasteiger partial charge in [-0.1, -0.05) is 0 Å². The van der Waals surface area contributed by atoms with Crippen LogP contribution < -0.4 is 0 Å². The number of aromatic nitrogens is 3. The highest BCUT2D eigenvalue weighted by molar-refractivity contribution is 6.54. The third-order valence-electron chi connectivity index (χ3n) is 4.56. The van der Waals surface area contributed by atoms with E-state index in [-0.39, 0.29) is 0 Å². The van der Waals surface area contributed by atoms with E-state index >= 15 is 0 Å². The summed E-state index contributed by atoms with van der Waals surface area (Å²) in [5.74, 6) is 0. The van der Waals surface area contributed by atoms with Crippen LogP contribution in [0.4, 0.5) is 4.39 Å². The molecule has 0 aliphatic carbocycles. The molecular weight excluding hydrogens is 308 g/mol. The van der Waals surface area contributed by atoms with E-state index in [0.29, 0.717) is 11.3 Å². The molecule has 1 saturated heterocycles. The smallest absolute Gasteiger partial charge is 0.398 e. The summed E-state index contributed by atoms with van der Waals surface area (Å²) < 4.78 is 27.9. The Kier molecular flexibility index (Phi) is 4.09. The van der Waals surface area contributed by atoms with Gasteiger partial charge in [-0.05, 0) is 45.9 Å². The highest BCUT2D eigenvalue weighted by atomic mass is 19.1. The van der Waals surface area contributed by atoms with Gasteiger partial charge in [0.2, 0.25) is 0 Å². The highest BCUT2D eigenvalue weighted by Gasteiger charge is 2.53. The summed E-state index contributed by atoms with van der Waals surface area (Å²) in [6, 6.07) is 3.71. The van der Waals surface area contributed by atoms with Crippen molar-refractivity contribution in [2.45, 2.75) is 38.9 Å². The number of hydrogen-bond acceptors (Lipinski definition) is 4. The minimum atomic E-state index is -1.02. The second-order valence-electron chi connectivity index (χ2n) is 6.97.